The van der Waals surface area contributed by atoms with Gasteiger partial charge in [0.05, 0.1) is 11.3 Å². The van der Waals surface area contributed by atoms with Gasteiger partial charge >= 0.3 is 5.97 Å². The molecule has 2 aromatic carbocycles. The van der Waals surface area contributed by atoms with Crippen LogP contribution in [-0.2, 0) is 0 Å². The largest absolute Gasteiger partial charge is 0.478 e. The lowest BCUT2D eigenvalue weighted by atomic mass is 10.2. The van der Waals surface area contributed by atoms with Gasteiger partial charge in [0.15, 0.2) is 5.84 Å². The minimum atomic E-state index is -1.04. The average molecular weight is 282 g/mol. The lowest BCUT2D eigenvalue weighted by Gasteiger charge is -2.00. The second-order valence-electron chi connectivity index (χ2n) is 4.16. The van der Waals surface area contributed by atoms with Gasteiger partial charge in [-0.2, -0.15) is 5.10 Å². The van der Waals surface area contributed by atoms with Crippen LogP contribution in [0.2, 0.25) is 0 Å². The van der Waals surface area contributed by atoms with Crippen LogP contribution >= 0.6 is 0 Å². The molecule has 2 aromatic rings. The minimum Gasteiger partial charge on any atom is -0.478 e. The zero-order valence-corrected chi connectivity index (χ0v) is 11.4. The Kier molecular flexibility index (Phi) is 4.76. The molecule has 0 unspecified atom stereocenters. The van der Waals surface area contributed by atoms with Crippen molar-refractivity contribution in [2.75, 3.05) is 5.43 Å². The number of hydrogen-bond donors (Lipinski definition) is 2. The van der Waals surface area contributed by atoms with Gasteiger partial charge in [-0.05, 0) is 31.2 Å². The van der Waals surface area contributed by atoms with Crippen LogP contribution in [0.4, 0.5) is 11.4 Å². The van der Waals surface area contributed by atoms with Crippen molar-refractivity contribution in [3.63, 3.8) is 0 Å². The molecule has 0 bridgehead atoms. The molecule has 0 aliphatic rings. The summed E-state index contributed by atoms with van der Waals surface area (Å²) >= 11 is 0. The maximum atomic E-state index is 11.0. The molecule has 0 aromatic heterocycles. The van der Waals surface area contributed by atoms with Crippen molar-refractivity contribution in [1.29, 1.82) is 0 Å². The van der Waals surface area contributed by atoms with Crippen molar-refractivity contribution < 1.29 is 9.90 Å². The van der Waals surface area contributed by atoms with Crippen LogP contribution in [0, 0.1) is 0 Å². The van der Waals surface area contributed by atoms with E-state index in [9.17, 15) is 4.79 Å². The number of anilines is 1. The third-order valence-electron chi connectivity index (χ3n) is 2.56. The Balaban J connectivity index is 2.09. The summed E-state index contributed by atoms with van der Waals surface area (Å²) in [7, 11) is 0. The summed E-state index contributed by atoms with van der Waals surface area (Å²) in [5, 5.41) is 20.9. The van der Waals surface area contributed by atoms with E-state index in [2.05, 4.69) is 20.8 Å². The third-order valence-corrected chi connectivity index (χ3v) is 2.56. The predicted octanol–water partition coefficient (Wildman–Crippen LogP) is 3.91. The van der Waals surface area contributed by atoms with Gasteiger partial charge in [0, 0.05) is 0 Å². The van der Waals surface area contributed by atoms with Gasteiger partial charge in [-0.1, -0.05) is 30.3 Å². The molecule has 0 heterocycles. The standard InChI is InChI=1S/C15H14N4O2/c1-11(16-18-12-7-3-2-4-8-12)17-19-14-10-6-5-9-13(14)15(20)21/h2-10,18H,1H3,(H,20,21). The fourth-order valence-corrected chi connectivity index (χ4v) is 1.55. The quantitative estimate of drug-likeness (QED) is 0.385. The minimum absolute atomic E-state index is 0.102. The first-order chi connectivity index (χ1) is 10.2. The van der Waals surface area contributed by atoms with Crippen molar-refractivity contribution in [2.45, 2.75) is 6.92 Å². The molecule has 0 fully saturated rings. The Bertz CT molecular complexity index is 681. The number of carboxylic acids is 1. The molecule has 21 heavy (non-hydrogen) atoms. The summed E-state index contributed by atoms with van der Waals surface area (Å²) in [5.74, 6) is -0.652. The average Bonchev–Trinajstić information content (AvgIpc) is 2.52. The molecular weight excluding hydrogens is 268 g/mol. The Labute approximate surface area is 121 Å². The van der Waals surface area contributed by atoms with Gasteiger partial charge in [0.2, 0.25) is 0 Å². The van der Waals surface area contributed by atoms with E-state index in [1.165, 1.54) is 6.07 Å². The molecule has 0 saturated heterocycles. The molecule has 0 radical (unpaired) electrons. The van der Waals surface area contributed by atoms with Crippen LogP contribution < -0.4 is 5.43 Å². The molecule has 0 aliphatic carbocycles. The van der Waals surface area contributed by atoms with Gasteiger partial charge in [-0.15, -0.1) is 10.2 Å². The van der Waals surface area contributed by atoms with E-state index in [-0.39, 0.29) is 5.56 Å². The Morgan fingerprint density at radius 2 is 1.71 bits per heavy atom. The molecule has 6 heteroatoms. The fraction of sp³-hybridized carbons (Fsp3) is 0.0667. The number of hydrazone groups is 1. The number of nitrogens with one attached hydrogen (secondary N) is 1. The van der Waals surface area contributed by atoms with Gasteiger partial charge < -0.3 is 5.11 Å². The highest BCUT2D eigenvalue weighted by Crippen LogP contribution is 2.18. The molecule has 0 saturated carbocycles. The first kappa shape index (κ1) is 14.4. The summed E-state index contributed by atoms with van der Waals surface area (Å²) in [5.41, 5.74) is 4.06. The number of carboxylic acid groups (broad SMARTS) is 1. The van der Waals surface area contributed by atoms with E-state index in [4.69, 9.17) is 5.11 Å². The van der Waals surface area contributed by atoms with Gasteiger partial charge in [-0.3, -0.25) is 5.43 Å². The SMILES string of the molecule is CC(N=Nc1ccccc1C(=O)O)=NNc1ccccc1. The number of azo groups is 1. The summed E-state index contributed by atoms with van der Waals surface area (Å²) in [6.45, 7) is 1.67. The maximum absolute atomic E-state index is 11.0. The lowest BCUT2D eigenvalue weighted by Crippen LogP contribution is -1.96. The van der Waals surface area contributed by atoms with E-state index in [1.54, 1.807) is 25.1 Å². The van der Waals surface area contributed by atoms with Gasteiger partial charge in [0.1, 0.15) is 5.69 Å². The Morgan fingerprint density at radius 1 is 1.05 bits per heavy atom. The van der Waals surface area contributed by atoms with Crippen molar-refractivity contribution in [1.82, 2.24) is 0 Å². The number of aromatic carboxylic acids is 1. The number of para-hydroxylation sites is 1. The molecule has 2 rings (SSSR count). The van der Waals surface area contributed by atoms with E-state index < -0.39 is 5.97 Å². The monoisotopic (exact) mass is 282 g/mol. The zero-order valence-electron chi connectivity index (χ0n) is 11.4. The normalized spacial score (nSPS) is 11.6. The highest BCUT2D eigenvalue weighted by molar-refractivity contribution is 5.93. The third kappa shape index (κ3) is 4.24. The Morgan fingerprint density at radius 3 is 2.43 bits per heavy atom. The number of benzene rings is 2. The van der Waals surface area contributed by atoms with E-state index in [0.29, 0.717) is 11.5 Å². The zero-order chi connectivity index (χ0) is 15.1. The number of rotatable bonds is 4. The topological polar surface area (TPSA) is 86.4 Å². The summed E-state index contributed by atoms with van der Waals surface area (Å²) in [6.07, 6.45) is 0. The number of amidine groups is 1. The van der Waals surface area contributed by atoms with Crippen molar-refractivity contribution in [2.24, 2.45) is 15.3 Å². The number of hydrogen-bond acceptors (Lipinski definition) is 4. The molecule has 2 N–H and O–H groups in total. The smallest absolute Gasteiger partial charge is 0.337 e. The molecule has 6 nitrogen and oxygen atoms in total. The molecule has 0 spiro atoms. The van der Waals surface area contributed by atoms with Crippen LogP contribution in [0.5, 0.6) is 0 Å². The molecule has 106 valence electrons. The second kappa shape index (κ2) is 6.95. The van der Waals surface area contributed by atoms with E-state index in [1.807, 2.05) is 30.3 Å². The van der Waals surface area contributed by atoms with Crippen LogP contribution in [0.3, 0.4) is 0 Å². The lowest BCUT2D eigenvalue weighted by molar-refractivity contribution is 0.0698. The van der Waals surface area contributed by atoms with Crippen molar-refractivity contribution in [3.8, 4) is 0 Å². The molecule has 0 atom stereocenters. The fourth-order valence-electron chi connectivity index (χ4n) is 1.55. The maximum Gasteiger partial charge on any atom is 0.337 e. The first-order valence-electron chi connectivity index (χ1n) is 6.26. The summed E-state index contributed by atoms with van der Waals surface area (Å²) in [4.78, 5) is 11.0. The summed E-state index contributed by atoms with van der Waals surface area (Å²) < 4.78 is 0. The van der Waals surface area contributed by atoms with Gasteiger partial charge in [-0.25, -0.2) is 4.79 Å². The van der Waals surface area contributed by atoms with Gasteiger partial charge in [0.25, 0.3) is 0 Å². The highest BCUT2D eigenvalue weighted by Gasteiger charge is 2.07. The van der Waals surface area contributed by atoms with E-state index >= 15 is 0 Å². The number of nitrogens with zero attached hydrogens (tertiary/aromatic N) is 3. The summed E-state index contributed by atoms with van der Waals surface area (Å²) in [6, 6.07) is 15.8. The number of carbonyl (C=O) groups is 1. The molecular formula is C15H14N4O2. The second-order valence-corrected chi connectivity index (χ2v) is 4.16. The highest BCUT2D eigenvalue weighted by atomic mass is 16.4. The van der Waals surface area contributed by atoms with Crippen LogP contribution in [0.15, 0.2) is 69.9 Å². The molecule has 0 aliphatic heterocycles. The Hall–Kier alpha value is -3.02. The van der Waals surface area contributed by atoms with Crippen LogP contribution in [0.1, 0.15) is 17.3 Å². The van der Waals surface area contributed by atoms with Crippen molar-refractivity contribution in [3.05, 3.63) is 60.2 Å². The van der Waals surface area contributed by atoms with E-state index in [0.717, 1.165) is 5.69 Å². The van der Waals surface area contributed by atoms with Crippen LogP contribution in [-0.4, -0.2) is 16.9 Å². The van der Waals surface area contributed by atoms with Crippen molar-refractivity contribution >= 4 is 23.2 Å². The first-order valence-corrected chi connectivity index (χ1v) is 6.26. The molecule has 0 amide bonds. The predicted molar refractivity (Wildman–Crippen MR) is 81.1 cm³/mol. The van der Waals surface area contributed by atoms with Crippen LogP contribution in [0.25, 0.3) is 0 Å².